The van der Waals surface area contributed by atoms with E-state index in [1.165, 1.54) is 29.5 Å². The second kappa shape index (κ2) is 8.10. The minimum absolute atomic E-state index is 0.0376. The number of rotatable bonds is 8. The number of thioether (sulfide) groups is 1. The number of thiophene rings is 1. The van der Waals surface area contributed by atoms with E-state index < -0.39 is 0 Å². The molecule has 1 aliphatic heterocycles. The molecule has 2 aromatic rings. The van der Waals surface area contributed by atoms with Gasteiger partial charge in [0.25, 0.3) is 0 Å². The van der Waals surface area contributed by atoms with Gasteiger partial charge in [-0.1, -0.05) is 17.8 Å². The second-order valence-electron chi connectivity index (χ2n) is 6.90. The number of carbonyl (C=O) groups excluding carboxylic acids is 1. The Balaban J connectivity index is 1.38. The third kappa shape index (κ3) is 4.29. The van der Waals surface area contributed by atoms with Crippen LogP contribution in [0.2, 0.25) is 0 Å². The van der Waals surface area contributed by atoms with Crippen molar-refractivity contribution >= 4 is 29.0 Å². The van der Waals surface area contributed by atoms with Gasteiger partial charge in [0.2, 0.25) is 5.91 Å². The van der Waals surface area contributed by atoms with Gasteiger partial charge in [-0.05, 0) is 44.1 Å². The minimum atomic E-state index is -0.201. The van der Waals surface area contributed by atoms with Crippen LogP contribution in [0.4, 0.5) is 0 Å². The van der Waals surface area contributed by atoms with Crippen LogP contribution >= 0.6 is 23.1 Å². The lowest BCUT2D eigenvalue weighted by Gasteiger charge is -2.15. The van der Waals surface area contributed by atoms with Gasteiger partial charge in [0.15, 0.2) is 5.16 Å². The Morgan fingerprint density at radius 1 is 1.46 bits per heavy atom. The van der Waals surface area contributed by atoms with Gasteiger partial charge in [0, 0.05) is 30.5 Å². The molecule has 0 aromatic carbocycles. The van der Waals surface area contributed by atoms with E-state index in [0.717, 1.165) is 36.9 Å². The van der Waals surface area contributed by atoms with Crippen molar-refractivity contribution in [3.05, 3.63) is 28.2 Å². The number of carbonyl (C=O) groups is 1. The molecule has 1 saturated carbocycles. The smallest absolute Gasteiger partial charge is 0.233 e. The summed E-state index contributed by atoms with van der Waals surface area (Å²) >= 11 is 3.24. The van der Waals surface area contributed by atoms with Crippen LogP contribution in [0.25, 0.3) is 0 Å². The van der Waals surface area contributed by atoms with E-state index in [2.05, 4.69) is 37.6 Å². The molecule has 2 aromatic heterocycles. The first-order valence-electron chi connectivity index (χ1n) is 9.23. The Hall–Kier alpha value is -1.38. The standard InChI is InChI=1S/C18H24N4O2S2/c1-12(17(23)19-11-14-4-2-8-24-14)26-18-21-20-16(22(18)13-6-7-13)10-15-5-3-9-25-15/h3,5,9,12-14H,2,4,6-8,10-11H2,1H3,(H,19,23)/t12-,14+/m0/s1. The predicted molar refractivity (Wildman–Crippen MR) is 103 cm³/mol. The first-order valence-corrected chi connectivity index (χ1v) is 11.0. The van der Waals surface area contributed by atoms with E-state index in [1.54, 1.807) is 11.3 Å². The van der Waals surface area contributed by atoms with Crippen molar-refractivity contribution in [1.29, 1.82) is 0 Å². The minimum Gasteiger partial charge on any atom is -0.376 e. The average molecular weight is 393 g/mol. The van der Waals surface area contributed by atoms with E-state index in [-0.39, 0.29) is 17.3 Å². The lowest BCUT2D eigenvalue weighted by Crippen LogP contribution is -2.36. The monoisotopic (exact) mass is 392 g/mol. The zero-order chi connectivity index (χ0) is 17.9. The molecule has 2 fully saturated rings. The summed E-state index contributed by atoms with van der Waals surface area (Å²) in [5.74, 6) is 1.04. The molecule has 1 saturated heterocycles. The summed E-state index contributed by atoms with van der Waals surface area (Å²) in [6.45, 7) is 3.34. The van der Waals surface area contributed by atoms with Crippen molar-refractivity contribution in [3.63, 3.8) is 0 Å². The van der Waals surface area contributed by atoms with Crippen LogP contribution in [0.3, 0.4) is 0 Å². The molecule has 0 unspecified atom stereocenters. The molecule has 26 heavy (non-hydrogen) atoms. The van der Waals surface area contributed by atoms with Crippen molar-refractivity contribution in [2.75, 3.05) is 13.2 Å². The molecular formula is C18H24N4O2S2. The van der Waals surface area contributed by atoms with Crippen molar-refractivity contribution < 1.29 is 9.53 Å². The maximum absolute atomic E-state index is 12.4. The SMILES string of the molecule is C[C@H](Sc1nnc(Cc2cccs2)n1C1CC1)C(=O)NC[C@H]1CCCO1. The topological polar surface area (TPSA) is 69.0 Å². The Bertz CT molecular complexity index is 736. The van der Waals surface area contributed by atoms with Crippen LogP contribution in [0.15, 0.2) is 22.7 Å². The summed E-state index contributed by atoms with van der Waals surface area (Å²) in [7, 11) is 0. The Labute approximate surface area is 161 Å². The van der Waals surface area contributed by atoms with Gasteiger partial charge in [-0.25, -0.2) is 0 Å². The maximum atomic E-state index is 12.4. The van der Waals surface area contributed by atoms with Gasteiger partial charge in [-0.2, -0.15) is 0 Å². The summed E-state index contributed by atoms with van der Waals surface area (Å²) in [5, 5.41) is 14.6. The van der Waals surface area contributed by atoms with Crippen LogP contribution in [0, 0.1) is 0 Å². The van der Waals surface area contributed by atoms with Crippen LogP contribution in [-0.4, -0.2) is 45.2 Å². The fraction of sp³-hybridized carbons (Fsp3) is 0.611. The van der Waals surface area contributed by atoms with Gasteiger partial charge in [-0.3, -0.25) is 4.79 Å². The largest absolute Gasteiger partial charge is 0.376 e. The molecule has 1 aliphatic carbocycles. The van der Waals surface area contributed by atoms with E-state index in [4.69, 9.17) is 4.74 Å². The molecule has 6 nitrogen and oxygen atoms in total. The number of nitrogens with zero attached hydrogens (tertiary/aromatic N) is 3. The van der Waals surface area contributed by atoms with Crippen LogP contribution in [0.5, 0.6) is 0 Å². The number of hydrogen-bond acceptors (Lipinski definition) is 6. The van der Waals surface area contributed by atoms with E-state index in [1.807, 2.05) is 6.92 Å². The van der Waals surface area contributed by atoms with Crippen LogP contribution < -0.4 is 5.32 Å². The molecule has 8 heteroatoms. The van der Waals surface area contributed by atoms with E-state index in [9.17, 15) is 4.79 Å². The summed E-state index contributed by atoms with van der Waals surface area (Å²) < 4.78 is 7.81. The summed E-state index contributed by atoms with van der Waals surface area (Å²) in [4.78, 5) is 13.7. The van der Waals surface area contributed by atoms with Gasteiger partial charge >= 0.3 is 0 Å². The molecule has 0 spiro atoms. The average Bonchev–Trinajstić information content (AvgIpc) is 3.06. The third-order valence-electron chi connectivity index (χ3n) is 4.74. The highest BCUT2D eigenvalue weighted by Crippen LogP contribution is 2.40. The lowest BCUT2D eigenvalue weighted by molar-refractivity contribution is -0.120. The highest BCUT2D eigenvalue weighted by Gasteiger charge is 2.31. The van der Waals surface area contributed by atoms with Gasteiger partial charge in [0.05, 0.1) is 11.4 Å². The number of ether oxygens (including phenoxy) is 1. The molecular weight excluding hydrogens is 368 g/mol. The summed E-state index contributed by atoms with van der Waals surface area (Å²) in [5.41, 5.74) is 0. The first-order chi connectivity index (χ1) is 12.7. The summed E-state index contributed by atoms with van der Waals surface area (Å²) in [6, 6.07) is 4.68. The van der Waals surface area contributed by atoms with Crippen molar-refractivity contribution in [1.82, 2.24) is 20.1 Å². The summed E-state index contributed by atoms with van der Waals surface area (Å²) in [6.07, 6.45) is 5.43. The molecule has 1 amide bonds. The van der Waals surface area contributed by atoms with Crippen molar-refractivity contribution in [3.8, 4) is 0 Å². The highest BCUT2D eigenvalue weighted by molar-refractivity contribution is 8.00. The number of nitrogens with one attached hydrogen (secondary N) is 1. The molecule has 1 N–H and O–H groups in total. The number of amides is 1. The normalized spacial score (nSPS) is 21.0. The van der Waals surface area contributed by atoms with Gasteiger partial charge in [-0.15, -0.1) is 21.5 Å². The van der Waals surface area contributed by atoms with Crippen molar-refractivity contribution in [2.24, 2.45) is 0 Å². The van der Waals surface area contributed by atoms with Gasteiger partial charge in [0.1, 0.15) is 5.82 Å². The van der Waals surface area contributed by atoms with Crippen LogP contribution in [-0.2, 0) is 16.0 Å². The highest BCUT2D eigenvalue weighted by atomic mass is 32.2. The molecule has 2 aliphatic rings. The van der Waals surface area contributed by atoms with E-state index in [0.29, 0.717) is 12.6 Å². The van der Waals surface area contributed by atoms with Gasteiger partial charge < -0.3 is 14.6 Å². The quantitative estimate of drug-likeness (QED) is 0.700. The Kier molecular flexibility index (Phi) is 5.61. The third-order valence-corrected chi connectivity index (χ3v) is 6.67. The lowest BCUT2D eigenvalue weighted by atomic mass is 10.2. The molecule has 140 valence electrons. The first kappa shape index (κ1) is 18.0. The molecule has 0 radical (unpaired) electrons. The van der Waals surface area contributed by atoms with E-state index >= 15 is 0 Å². The van der Waals surface area contributed by atoms with Crippen LogP contribution in [0.1, 0.15) is 49.4 Å². The zero-order valence-corrected chi connectivity index (χ0v) is 16.5. The zero-order valence-electron chi connectivity index (χ0n) is 14.9. The number of hydrogen-bond donors (Lipinski definition) is 1. The fourth-order valence-corrected chi connectivity index (χ4v) is 4.82. The Morgan fingerprint density at radius 3 is 3.04 bits per heavy atom. The molecule has 0 bridgehead atoms. The number of aromatic nitrogens is 3. The second-order valence-corrected chi connectivity index (χ2v) is 9.24. The predicted octanol–water partition coefficient (Wildman–Crippen LogP) is 3.04. The fourth-order valence-electron chi connectivity index (χ4n) is 3.15. The molecule has 3 heterocycles. The van der Waals surface area contributed by atoms with Crippen molar-refractivity contribution in [2.45, 2.75) is 61.6 Å². The molecule has 4 rings (SSSR count). The maximum Gasteiger partial charge on any atom is 0.233 e. The molecule has 2 atom stereocenters. The Morgan fingerprint density at radius 2 is 2.35 bits per heavy atom.